The molecule has 2 unspecified atom stereocenters. The fourth-order valence-electron chi connectivity index (χ4n) is 9.52. The fourth-order valence-corrected chi connectivity index (χ4v) is 10.3. The average Bonchev–Trinajstić information content (AvgIpc) is 3.43. The standard InChI is InChI=1S/C71H128NO8P/c1-6-8-10-12-14-16-18-20-22-24-26-28-30-32-33-34-35-36-37-38-39-40-42-44-46-48-50-52-54-56-58-60-62-64-71(74)80-69(68-79-81(75,76)78-66-65-72(3,4)5)67-77-70(73)63-61-59-57-55-53-51-49-47-45-43-41-31-29-27-25-23-21-19-17-15-13-11-9-7-2/h8,10,14,16,20,22,26,28,32-33,35-36,38-39,69H,6-7,9,11-13,15,17-19,21,23-25,27,29-31,34,37,40-68H2,1-5H3/b10-8-,16-14-,22-20-,28-26-,33-32-,36-35-,39-38-. The quantitative estimate of drug-likeness (QED) is 0.0195. The highest BCUT2D eigenvalue weighted by Crippen LogP contribution is 2.38. The molecule has 0 aromatic heterocycles. The number of unbranched alkanes of at least 4 members (excludes halogenated alkanes) is 34. The lowest BCUT2D eigenvalue weighted by Crippen LogP contribution is -2.37. The zero-order valence-electron chi connectivity index (χ0n) is 53.5. The molecule has 2 atom stereocenters. The predicted molar refractivity (Wildman–Crippen MR) is 346 cm³/mol. The van der Waals surface area contributed by atoms with Crippen LogP contribution in [0.15, 0.2) is 85.1 Å². The molecule has 0 saturated carbocycles. The number of ether oxygens (including phenoxy) is 2. The van der Waals surface area contributed by atoms with Crippen molar-refractivity contribution in [2.45, 2.75) is 309 Å². The van der Waals surface area contributed by atoms with E-state index in [1.165, 1.54) is 180 Å². The molecule has 0 heterocycles. The first-order valence-corrected chi connectivity index (χ1v) is 35.3. The molecule has 0 N–H and O–H groups in total. The van der Waals surface area contributed by atoms with E-state index in [-0.39, 0.29) is 32.0 Å². The van der Waals surface area contributed by atoms with Crippen molar-refractivity contribution in [1.82, 2.24) is 0 Å². The normalized spacial score (nSPS) is 13.7. The van der Waals surface area contributed by atoms with Gasteiger partial charge in [-0.3, -0.25) is 14.2 Å². The van der Waals surface area contributed by atoms with E-state index in [0.29, 0.717) is 17.4 Å². The topological polar surface area (TPSA) is 111 Å². The molecular formula is C71H128NO8P. The van der Waals surface area contributed by atoms with Gasteiger partial charge in [0.2, 0.25) is 0 Å². The summed E-state index contributed by atoms with van der Waals surface area (Å²) >= 11 is 0. The molecular weight excluding hydrogens is 1030 g/mol. The minimum Gasteiger partial charge on any atom is -0.756 e. The van der Waals surface area contributed by atoms with Gasteiger partial charge in [-0.05, 0) is 70.6 Å². The Morgan fingerprint density at radius 1 is 0.395 bits per heavy atom. The molecule has 81 heavy (non-hydrogen) atoms. The van der Waals surface area contributed by atoms with Crippen LogP contribution in [0.25, 0.3) is 0 Å². The van der Waals surface area contributed by atoms with Gasteiger partial charge in [0.15, 0.2) is 6.10 Å². The Kier molecular flexibility index (Phi) is 59.6. The Morgan fingerprint density at radius 3 is 1.05 bits per heavy atom. The van der Waals surface area contributed by atoms with Crippen LogP contribution in [-0.4, -0.2) is 70.0 Å². The van der Waals surface area contributed by atoms with Crippen LogP contribution in [0.3, 0.4) is 0 Å². The van der Waals surface area contributed by atoms with Crippen molar-refractivity contribution < 1.29 is 42.1 Å². The molecule has 10 heteroatoms. The fraction of sp³-hybridized carbons (Fsp3) is 0.775. The van der Waals surface area contributed by atoms with Crippen LogP contribution >= 0.6 is 7.82 Å². The van der Waals surface area contributed by atoms with Crippen molar-refractivity contribution >= 4 is 19.8 Å². The highest BCUT2D eigenvalue weighted by Gasteiger charge is 2.22. The summed E-state index contributed by atoms with van der Waals surface area (Å²) in [5, 5.41) is 0. The van der Waals surface area contributed by atoms with Gasteiger partial charge in [-0.1, -0.05) is 304 Å². The Bertz CT molecular complexity index is 1640. The van der Waals surface area contributed by atoms with Gasteiger partial charge in [0, 0.05) is 12.8 Å². The van der Waals surface area contributed by atoms with Gasteiger partial charge in [0.1, 0.15) is 19.8 Å². The molecule has 0 saturated heterocycles. The van der Waals surface area contributed by atoms with Crippen LogP contribution in [-0.2, 0) is 32.7 Å². The number of esters is 2. The number of carbonyl (C=O) groups is 2. The lowest BCUT2D eigenvalue weighted by atomic mass is 10.0. The van der Waals surface area contributed by atoms with Crippen LogP contribution in [0.1, 0.15) is 303 Å². The van der Waals surface area contributed by atoms with Crippen LogP contribution in [0.2, 0.25) is 0 Å². The van der Waals surface area contributed by atoms with Gasteiger partial charge >= 0.3 is 11.9 Å². The van der Waals surface area contributed by atoms with E-state index < -0.39 is 26.5 Å². The molecule has 0 spiro atoms. The zero-order chi connectivity index (χ0) is 59.1. The largest absolute Gasteiger partial charge is 0.756 e. The summed E-state index contributed by atoms with van der Waals surface area (Å²) in [7, 11) is 1.17. The Labute approximate surface area is 501 Å². The molecule has 0 radical (unpaired) electrons. The Morgan fingerprint density at radius 2 is 0.704 bits per heavy atom. The second-order valence-corrected chi connectivity index (χ2v) is 25.2. The van der Waals surface area contributed by atoms with Gasteiger partial charge < -0.3 is 27.9 Å². The molecule has 470 valence electrons. The van der Waals surface area contributed by atoms with E-state index in [9.17, 15) is 19.0 Å². The summed E-state index contributed by atoms with van der Waals surface area (Å²) < 4.78 is 34.3. The first-order chi connectivity index (χ1) is 39.5. The van der Waals surface area contributed by atoms with E-state index in [4.69, 9.17) is 18.5 Å². The van der Waals surface area contributed by atoms with E-state index >= 15 is 0 Å². The van der Waals surface area contributed by atoms with Crippen molar-refractivity contribution in [3.63, 3.8) is 0 Å². The maximum atomic E-state index is 12.9. The number of hydrogen-bond acceptors (Lipinski definition) is 8. The molecule has 0 aromatic rings. The monoisotopic (exact) mass is 1150 g/mol. The van der Waals surface area contributed by atoms with Crippen molar-refractivity contribution in [2.24, 2.45) is 0 Å². The first-order valence-electron chi connectivity index (χ1n) is 33.8. The SMILES string of the molecule is CC/C=C\C/C=C\C/C=C\C/C=C\C/C=C\C/C=C\C/C=C\CCCCCCCCCCCCCC(=O)OC(COC(=O)CCCCCCCCCCCCCCCCCCCCCCCCCC)COP(=O)([O-])OCC[N+](C)(C)C. The molecule has 0 bridgehead atoms. The van der Waals surface area contributed by atoms with Crippen molar-refractivity contribution in [3.05, 3.63) is 85.1 Å². The molecule has 0 rings (SSSR count). The predicted octanol–water partition coefficient (Wildman–Crippen LogP) is 21.1. The van der Waals surface area contributed by atoms with Gasteiger partial charge in [-0.25, -0.2) is 0 Å². The number of carbonyl (C=O) groups excluding carboxylic acids is 2. The number of allylic oxidation sites excluding steroid dienone is 14. The van der Waals surface area contributed by atoms with Gasteiger partial charge in [-0.2, -0.15) is 0 Å². The second kappa shape index (κ2) is 61.7. The molecule has 9 nitrogen and oxygen atoms in total. The maximum Gasteiger partial charge on any atom is 0.306 e. The third kappa shape index (κ3) is 66.2. The molecule has 0 aliphatic rings. The lowest BCUT2D eigenvalue weighted by molar-refractivity contribution is -0.870. The summed E-state index contributed by atoms with van der Waals surface area (Å²) in [6, 6.07) is 0. The van der Waals surface area contributed by atoms with Crippen molar-refractivity contribution in [3.8, 4) is 0 Å². The van der Waals surface area contributed by atoms with Crippen molar-refractivity contribution in [1.29, 1.82) is 0 Å². The molecule has 0 aromatic carbocycles. The minimum atomic E-state index is -4.64. The number of rotatable bonds is 62. The van der Waals surface area contributed by atoms with Crippen LogP contribution in [0, 0.1) is 0 Å². The van der Waals surface area contributed by atoms with E-state index in [0.717, 1.165) is 89.9 Å². The van der Waals surface area contributed by atoms with Crippen molar-refractivity contribution in [2.75, 3.05) is 47.5 Å². The number of phosphoric acid groups is 1. The van der Waals surface area contributed by atoms with E-state index in [2.05, 4.69) is 98.9 Å². The summed E-state index contributed by atoms with van der Waals surface area (Å²) in [5.41, 5.74) is 0. The average molecular weight is 1150 g/mol. The number of likely N-dealkylation sites (N-methyl/N-ethyl adjacent to an activating group) is 1. The zero-order valence-corrected chi connectivity index (χ0v) is 54.4. The number of quaternary nitrogens is 1. The summed E-state index contributed by atoms with van der Waals surface area (Å²) in [6.45, 7) is 4.16. The summed E-state index contributed by atoms with van der Waals surface area (Å²) in [5.74, 6) is -0.826. The number of phosphoric ester groups is 1. The lowest BCUT2D eigenvalue weighted by Gasteiger charge is -2.28. The summed E-state index contributed by atoms with van der Waals surface area (Å²) in [4.78, 5) is 38.0. The number of nitrogens with zero attached hydrogens (tertiary/aromatic N) is 1. The Balaban J connectivity index is 4.08. The molecule has 0 amide bonds. The molecule has 0 aliphatic carbocycles. The summed E-state index contributed by atoms with van der Waals surface area (Å²) in [6.07, 6.45) is 83.6. The molecule has 0 aliphatic heterocycles. The smallest absolute Gasteiger partial charge is 0.306 e. The third-order valence-corrected chi connectivity index (χ3v) is 15.6. The van der Waals surface area contributed by atoms with Crippen LogP contribution in [0.5, 0.6) is 0 Å². The first kappa shape index (κ1) is 78.2. The third-order valence-electron chi connectivity index (χ3n) is 14.7. The molecule has 0 fully saturated rings. The Hall–Kier alpha value is -2.81. The van der Waals surface area contributed by atoms with Gasteiger partial charge in [0.25, 0.3) is 7.82 Å². The van der Waals surface area contributed by atoms with Crippen LogP contribution in [0.4, 0.5) is 0 Å². The second-order valence-electron chi connectivity index (χ2n) is 23.8. The number of hydrogen-bond donors (Lipinski definition) is 0. The highest BCUT2D eigenvalue weighted by molar-refractivity contribution is 7.45. The maximum absolute atomic E-state index is 12.9. The minimum absolute atomic E-state index is 0.0327. The van der Waals surface area contributed by atoms with Gasteiger partial charge in [-0.15, -0.1) is 0 Å². The van der Waals surface area contributed by atoms with Gasteiger partial charge in [0.05, 0.1) is 27.7 Å². The van der Waals surface area contributed by atoms with E-state index in [1.54, 1.807) is 0 Å². The van der Waals surface area contributed by atoms with E-state index in [1.807, 2.05) is 21.1 Å². The van der Waals surface area contributed by atoms with Crippen LogP contribution < -0.4 is 4.89 Å². The highest BCUT2D eigenvalue weighted by atomic mass is 31.2.